The van der Waals surface area contributed by atoms with E-state index in [-0.39, 0.29) is 0 Å². The van der Waals surface area contributed by atoms with Gasteiger partial charge in [0.2, 0.25) is 0 Å². The zero-order valence-corrected chi connectivity index (χ0v) is 10.8. The first-order chi connectivity index (χ1) is 7.84. The lowest BCUT2D eigenvalue weighted by atomic mass is 9.83. The molecule has 0 radical (unpaired) electrons. The lowest BCUT2D eigenvalue weighted by Gasteiger charge is -2.28. The Kier molecular flexibility index (Phi) is 5.11. The second-order valence-electron chi connectivity index (χ2n) is 5.91. The zero-order valence-electron chi connectivity index (χ0n) is 10.8. The van der Waals surface area contributed by atoms with E-state index in [2.05, 4.69) is 17.6 Å². The minimum Gasteiger partial charge on any atom is -0.317 e. The van der Waals surface area contributed by atoms with Crippen LogP contribution in [-0.4, -0.2) is 25.7 Å². The van der Waals surface area contributed by atoms with Gasteiger partial charge in [-0.3, -0.25) is 0 Å². The molecular weight excluding hydrogens is 196 g/mol. The molecule has 2 fully saturated rings. The molecule has 0 aromatic heterocycles. The Labute approximate surface area is 101 Å². The smallest absolute Gasteiger partial charge is 0.00797 e. The average Bonchev–Trinajstić information content (AvgIpc) is 2.57. The van der Waals surface area contributed by atoms with Gasteiger partial charge in [0.1, 0.15) is 0 Å². The molecule has 1 unspecified atom stereocenters. The average molecular weight is 224 g/mol. The maximum atomic E-state index is 3.81. The van der Waals surface area contributed by atoms with E-state index in [1.165, 1.54) is 64.6 Å². The SMILES string of the molecule is CC1CCC(CNC2CCCNCC2)CC1. The largest absolute Gasteiger partial charge is 0.317 e. The molecule has 1 heterocycles. The molecule has 94 valence electrons. The summed E-state index contributed by atoms with van der Waals surface area (Å²) in [5.41, 5.74) is 0. The normalized spacial score (nSPS) is 36.9. The molecular formula is C14H28N2. The predicted molar refractivity (Wildman–Crippen MR) is 69.6 cm³/mol. The van der Waals surface area contributed by atoms with E-state index in [9.17, 15) is 0 Å². The predicted octanol–water partition coefficient (Wildman–Crippen LogP) is 2.54. The quantitative estimate of drug-likeness (QED) is 0.770. The van der Waals surface area contributed by atoms with Gasteiger partial charge in [0.25, 0.3) is 0 Å². The lowest BCUT2D eigenvalue weighted by Crippen LogP contribution is -2.35. The Morgan fingerprint density at radius 3 is 2.62 bits per heavy atom. The van der Waals surface area contributed by atoms with E-state index in [0.717, 1.165) is 17.9 Å². The monoisotopic (exact) mass is 224 g/mol. The van der Waals surface area contributed by atoms with Gasteiger partial charge >= 0.3 is 0 Å². The van der Waals surface area contributed by atoms with Gasteiger partial charge in [-0.1, -0.05) is 19.8 Å². The van der Waals surface area contributed by atoms with E-state index >= 15 is 0 Å². The highest BCUT2D eigenvalue weighted by atomic mass is 14.9. The highest BCUT2D eigenvalue weighted by Crippen LogP contribution is 2.27. The van der Waals surface area contributed by atoms with E-state index in [4.69, 9.17) is 0 Å². The minimum absolute atomic E-state index is 0.786. The van der Waals surface area contributed by atoms with Gasteiger partial charge in [0, 0.05) is 6.04 Å². The second kappa shape index (κ2) is 6.61. The number of hydrogen-bond donors (Lipinski definition) is 2. The molecule has 1 atom stereocenters. The molecule has 2 N–H and O–H groups in total. The van der Waals surface area contributed by atoms with Crippen molar-refractivity contribution >= 4 is 0 Å². The van der Waals surface area contributed by atoms with Crippen LogP contribution in [0.15, 0.2) is 0 Å². The summed E-state index contributed by atoms with van der Waals surface area (Å²) in [6.07, 6.45) is 9.87. The maximum Gasteiger partial charge on any atom is 0.00797 e. The van der Waals surface area contributed by atoms with E-state index in [1.807, 2.05) is 0 Å². The van der Waals surface area contributed by atoms with Crippen LogP contribution >= 0.6 is 0 Å². The van der Waals surface area contributed by atoms with Crippen molar-refractivity contribution < 1.29 is 0 Å². The van der Waals surface area contributed by atoms with Gasteiger partial charge in [0.15, 0.2) is 0 Å². The Bertz CT molecular complexity index is 177. The molecule has 2 rings (SSSR count). The molecule has 1 aliphatic carbocycles. The van der Waals surface area contributed by atoms with Crippen molar-refractivity contribution in [3.63, 3.8) is 0 Å². The van der Waals surface area contributed by atoms with Crippen LogP contribution in [0.5, 0.6) is 0 Å². The maximum absolute atomic E-state index is 3.81. The summed E-state index contributed by atoms with van der Waals surface area (Å²) < 4.78 is 0. The van der Waals surface area contributed by atoms with Crippen LogP contribution < -0.4 is 10.6 Å². The Balaban J connectivity index is 1.62. The molecule has 2 heteroatoms. The van der Waals surface area contributed by atoms with Gasteiger partial charge < -0.3 is 10.6 Å². The summed E-state index contributed by atoms with van der Waals surface area (Å²) in [6.45, 7) is 6.11. The highest BCUT2D eigenvalue weighted by Gasteiger charge is 2.19. The van der Waals surface area contributed by atoms with Crippen LogP contribution in [0.3, 0.4) is 0 Å². The van der Waals surface area contributed by atoms with Crippen LogP contribution in [0.2, 0.25) is 0 Å². The van der Waals surface area contributed by atoms with E-state index in [1.54, 1.807) is 0 Å². The molecule has 0 spiro atoms. The third kappa shape index (κ3) is 4.06. The van der Waals surface area contributed by atoms with Gasteiger partial charge in [-0.15, -0.1) is 0 Å². The number of nitrogens with one attached hydrogen (secondary N) is 2. The van der Waals surface area contributed by atoms with Crippen LogP contribution in [0.25, 0.3) is 0 Å². The zero-order chi connectivity index (χ0) is 11.2. The summed E-state index contributed by atoms with van der Waals surface area (Å²) >= 11 is 0. The first kappa shape index (κ1) is 12.4. The Morgan fingerprint density at radius 1 is 1.00 bits per heavy atom. The number of hydrogen-bond acceptors (Lipinski definition) is 2. The molecule has 1 saturated heterocycles. The van der Waals surface area contributed by atoms with Gasteiger partial charge in [-0.25, -0.2) is 0 Å². The summed E-state index contributed by atoms with van der Waals surface area (Å²) in [5, 5.41) is 7.29. The third-order valence-electron chi connectivity index (χ3n) is 4.41. The second-order valence-corrected chi connectivity index (χ2v) is 5.91. The van der Waals surface area contributed by atoms with Crippen molar-refractivity contribution in [3.8, 4) is 0 Å². The topological polar surface area (TPSA) is 24.1 Å². The minimum atomic E-state index is 0.786. The fourth-order valence-electron chi connectivity index (χ4n) is 3.09. The van der Waals surface area contributed by atoms with Crippen molar-refractivity contribution in [2.24, 2.45) is 11.8 Å². The molecule has 0 aromatic rings. The fraction of sp³-hybridized carbons (Fsp3) is 1.00. The Morgan fingerprint density at radius 2 is 1.81 bits per heavy atom. The first-order valence-electron chi connectivity index (χ1n) is 7.28. The molecule has 1 saturated carbocycles. The van der Waals surface area contributed by atoms with Gasteiger partial charge in [0.05, 0.1) is 0 Å². The van der Waals surface area contributed by atoms with Crippen LogP contribution in [0.1, 0.15) is 51.9 Å². The van der Waals surface area contributed by atoms with Crippen molar-refractivity contribution in [2.45, 2.75) is 57.9 Å². The lowest BCUT2D eigenvalue weighted by molar-refractivity contribution is 0.271. The van der Waals surface area contributed by atoms with E-state index in [0.29, 0.717) is 0 Å². The molecule has 0 aromatic carbocycles. The van der Waals surface area contributed by atoms with Crippen molar-refractivity contribution in [3.05, 3.63) is 0 Å². The summed E-state index contributed by atoms with van der Waals surface area (Å²) in [6, 6.07) is 0.786. The molecule has 16 heavy (non-hydrogen) atoms. The van der Waals surface area contributed by atoms with Gasteiger partial charge in [-0.2, -0.15) is 0 Å². The summed E-state index contributed by atoms with van der Waals surface area (Å²) in [5.74, 6) is 1.95. The number of rotatable bonds is 3. The van der Waals surface area contributed by atoms with E-state index < -0.39 is 0 Å². The van der Waals surface area contributed by atoms with Gasteiger partial charge in [-0.05, 0) is 63.6 Å². The van der Waals surface area contributed by atoms with Crippen molar-refractivity contribution in [1.82, 2.24) is 10.6 Å². The molecule has 0 bridgehead atoms. The molecule has 0 amide bonds. The first-order valence-corrected chi connectivity index (χ1v) is 7.28. The summed E-state index contributed by atoms with van der Waals surface area (Å²) in [4.78, 5) is 0. The molecule has 1 aliphatic heterocycles. The standard InChI is InChI=1S/C14H28N2/c1-12-4-6-13(7-5-12)11-16-14-3-2-9-15-10-8-14/h12-16H,2-11H2,1H3. The highest BCUT2D eigenvalue weighted by molar-refractivity contribution is 4.76. The molecule has 2 nitrogen and oxygen atoms in total. The fourth-order valence-corrected chi connectivity index (χ4v) is 3.09. The van der Waals surface area contributed by atoms with Crippen LogP contribution in [-0.2, 0) is 0 Å². The third-order valence-corrected chi connectivity index (χ3v) is 4.41. The van der Waals surface area contributed by atoms with Crippen molar-refractivity contribution in [1.29, 1.82) is 0 Å². The van der Waals surface area contributed by atoms with Crippen molar-refractivity contribution in [2.75, 3.05) is 19.6 Å². The molecule has 2 aliphatic rings. The Hall–Kier alpha value is -0.0800. The summed E-state index contributed by atoms with van der Waals surface area (Å²) in [7, 11) is 0. The van der Waals surface area contributed by atoms with Crippen LogP contribution in [0.4, 0.5) is 0 Å². The van der Waals surface area contributed by atoms with Crippen LogP contribution in [0, 0.1) is 11.8 Å².